The molecule has 0 radical (unpaired) electrons. The first-order valence-electron chi connectivity index (χ1n) is 5.50. The minimum absolute atomic E-state index is 0.216. The van der Waals surface area contributed by atoms with Crippen LogP contribution in [0.4, 0.5) is 4.39 Å². The number of hydrazone groups is 1. The second kappa shape index (κ2) is 6.11. The summed E-state index contributed by atoms with van der Waals surface area (Å²) in [5, 5.41) is 4.41. The quantitative estimate of drug-likeness (QED) is 0.679. The van der Waals surface area contributed by atoms with Crippen molar-refractivity contribution in [3.8, 4) is 0 Å². The molecule has 1 N–H and O–H groups in total. The van der Waals surface area contributed by atoms with Crippen molar-refractivity contribution in [2.24, 2.45) is 5.10 Å². The van der Waals surface area contributed by atoms with Crippen molar-refractivity contribution in [2.75, 3.05) is 0 Å². The standard InChI is InChI=1S/C14H10ClFN2O/c15-12-6-4-10(5-7-12)9-17-18-14(19)11-2-1-3-13(16)8-11/h1-9H,(H,18,19)/b17-9+. The third kappa shape index (κ3) is 3.89. The molecule has 1 amide bonds. The largest absolute Gasteiger partial charge is 0.271 e. The van der Waals surface area contributed by atoms with Gasteiger partial charge in [-0.15, -0.1) is 0 Å². The van der Waals surface area contributed by atoms with Gasteiger partial charge in [0.1, 0.15) is 5.82 Å². The maximum Gasteiger partial charge on any atom is 0.271 e. The van der Waals surface area contributed by atoms with Gasteiger partial charge in [0.15, 0.2) is 0 Å². The third-order valence-electron chi connectivity index (χ3n) is 2.34. The molecule has 0 bridgehead atoms. The number of halogens is 2. The van der Waals surface area contributed by atoms with Crippen molar-refractivity contribution in [3.63, 3.8) is 0 Å². The van der Waals surface area contributed by atoms with Gasteiger partial charge in [-0.2, -0.15) is 5.10 Å². The summed E-state index contributed by atoms with van der Waals surface area (Å²) in [6.07, 6.45) is 1.48. The molecule has 2 aromatic rings. The van der Waals surface area contributed by atoms with Crippen molar-refractivity contribution in [1.82, 2.24) is 5.43 Å². The summed E-state index contributed by atoms with van der Waals surface area (Å²) in [6, 6.07) is 12.4. The fourth-order valence-corrected chi connectivity index (χ4v) is 1.53. The van der Waals surface area contributed by atoms with E-state index in [-0.39, 0.29) is 5.56 Å². The summed E-state index contributed by atoms with van der Waals surface area (Å²) >= 11 is 5.74. The van der Waals surface area contributed by atoms with Crippen LogP contribution >= 0.6 is 11.6 Å². The number of hydrogen-bond acceptors (Lipinski definition) is 2. The smallest absolute Gasteiger partial charge is 0.267 e. The molecule has 0 spiro atoms. The van der Waals surface area contributed by atoms with Crippen molar-refractivity contribution in [3.05, 3.63) is 70.5 Å². The molecule has 0 aromatic heterocycles. The summed E-state index contributed by atoms with van der Waals surface area (Å²) in [4.78, 5) is 11.6. The highest BCUT2D eigenvalue weighted by Gasteiger charge is 2.04. The maximum absolute atomic E-state index is 12.9. The Balaban J connectivity index is 1.98. The van der Waals surface area contributed by atoms with E-state index in [0.29, 0.717) is 5.02 Å². The third-order valence-corrected chi connectivity index (χ3v) is 2.59. The van der Waals surface area contributed by atoms with Gasteiger partial charge in [0, 0.05) is 10.6 Å². The maximum atomic E-state index is 12.9. The number of rotatable bonds is 3. The summed E-state index contributed by atoms with van der Waals surface area (Å²) in [5.74, 6) is -0.931. The van der Waals surface area contributed by atoms with E-state index in [2.05, 4.69) is 10.5 Å². The molecule has 0 aliphatic heterocycles. The average Bonchev–Trinajstić information content (AvgIpc) is 2.41. The van der Waals surface area contributed by atoms with E-state index in [1.165, 1.54) is 24.4 Å². The number of amides is 1. The van der Waals surface area contributed by atoms with Crippen molar-refractivity contribution < 1.29 is 9.18 Å². The molecule has 2 rings (SSSR count). The summed E-state index contributed by atoms with van der Waals surface area (Å²) in [5.41, 5.74) is 3.33. The van der Waals surface area contributed by atoms with Crippen LogP contribution < -0.4 is 5.43 Å². The van der Waals surface area contributed by atoms with Crippen LogP contribution in [0.5, 0.6) is 0 Å². The SMILES string of the molecule is O=C(N/N=C/c1ccc(Cl)cc1)c1cccc(F)c1. The Labute approximate surface area is 114 Å². The zero-order chi connectivity index (χ0) is 13.7. The predicted molar refractivity (Wildman–Crippen MR) is 72.9 cm³/mol. The Hall–Kier alpha value is -2.20. The van der Waals surface area contributed by atoms with Gasteiger partial charge in [0.25, 0.3) is 5.91 Å². The number of hydrogen-bond donors (Lipinski definition) is 1. The van der Waals surface area contributed by atoms with Crippen LogP contribution in [0.15, 0.2) is 53.6 Å². The van der Waals surface area contributed by atoms with E-state index in [9.17, 15) is 9.18 Å². The summed E-state index contributed by atoms with van der Waals surface area (Å²) in [7, 11) is 0. The van der Waals surface area contributed by atoms with E-state index in [4.69, 9.17) is 11.6 Å². The molecule has 0 saturated heterocycles. The second-order valence-corrected chi connectivity index (χ2v) is 4.20. The predicted octanol–water partition coefficient (Wildman–Crippen LogP) is 3.24. The van der Waals surface area contributed by atoms with Crippen molar-refractivity contribution >= 4 is 23.7 Å². The fraction of sp³-hybridized carbons (Fsp3) is 0. The van der Waals surface area contributed by atoms with Gasteiger partial charge in [-0.05, 0) is 35.9 Å². The number of benzene rings is 2. The molecule has 0 unspecified atom stereocenters. The molecule has 0 aliphatic carbocycles. The second-order valence-electron chi connectivity index (χ2n) is 3.76. The first-order chi connectivity index (χ1) is 9.15. The van der Waals surface area contributed by atoms with Gasteiger partial charge in [-0.1, -0.05) is 29.8 Å². The number of nitrogens with one attached hydrogen (secondary N) is 1. The van der Waals surface area contributed by atoms with Crippen molar-refractivity contribution in [1.29, 1.82) is 0 Å². The van der Waals surface area contributed by atoms with Crippen LogP contribution in [0.25, 0.3) is 0 Å². The lowest BCUT2D eigenvalue weighted by molar-refractivity contribution is 0.0954. The van der Waals surface area contributed by atoms with E-state index in [1.807, 2.05) is 0 Å². The number of carbonyl (C=O) groups is 1. The van der Waals surface area contributed by atoms with Gasteiger partial charge in [0.05, 0.1) is 6.21 Å². The number of carbonyl (C=O) groups excluding carboxylic acids is 1. The normalized spacial score (nSPS) is 10.6. The van der Waals surface area contributed by atoms with Crippen LogP contribution in [-0.4, -0.2) is 12.1 Å². The van der Waals surface area contributed by atoms with Gasteiger partial charge in [0.2, 0.25) is 0 Å². The Kier molecular flexibility index (Phi) is 4.26. The van der Waals surface area contributed by atoms with Crippen LogP contribution in [0.1, 0.15) is 15.9 Å². The number of nitrogens with zero attached hydrogens (tertiary/aromatic N) is 1. The first-order valence-corrected chi connectivity index (χ1v) is 5.87. The molecular formula is C14H10ClFN2O. The lowest BCUT2D eigenvalue weighted by Crippen LogP contribution is -2.17. The van der Waals surface area contributed by atoms with Gasteiger partial charge in [-0.25, -0.2) is 9.82 Å². The topological polar surface area (TPSA) is 41.5 Å². The highest BCUT2D eigenvalue weighted by Crippen LogP contribution is 2.07. The molecule has 0 saturated carbocycles. The average molecular weight is 277 g/mol. The van der Waals surface area contributed by atoms with Gasteiger partial charge < -0.3 is 0 Å². The molecule has 96 valence electrons. The lowest BCUT2D eigenvalue weighted by Gasteiger charge is -1.99. The van der Waals surface area contributed by atoms with Crippen LogP contribution in [0, 0.1) is 5.82 Å². The molecule has 19 heavy (non-hydrogen) atoms. The molecule has 0 atom stereocenters. The van der Waals surface area contributed by atoms with E-state index >= 15 is 0 Å². The Morgan fingerprint density at radius 2 is 1.95 bits per heavy atom. The highest BCUT2D eigenvalue weighted by atomic mass is 35.5. The van der Waals surface area contributed by atoms with Crippen LogP contribution in [0.3, 0.4) is 0 Å². The lowest BCUT2D eigenvalue weighted by atomic mass is 10.2. The molecule has 0 heterocycles. The van der Waals surface area contributed by atoms with Crippen LogP contribution in [-0.2, 0) is 0 Å². The van der Waals surface area contributed by atoms with Gasteiger partial charge in [-0.3, -0.25) is 4.79 Å². The van der Waals surface area contributed by atoms with Gasteiger partial charge >= 0.3 is 0 Å². The Bertz CT molecular complexity index is 611. The minimum Gasteiger partial charge on any atom is -0.267 e. The Morgan fingerprint density at radius 3 is 2.63 bits per heavy atom. The Morgan fingerprint density at radius 1 is 1.21 bits per heavy atom. The van der Waals surface area contributed by atoms with Crippen LogP contribution in [0.2, 0.25) is 5.02 Å². The summed E-state index contributed by atoms with van der Waals surface area (Å²) < 4.78 is 12.9. The molecule has 0 fully saturated rings. The molecule has 5 heteroatoms. The minimum atomic E-state index is -0.468. The zero-order valence-corrected chi connectivity index (χ0v) is 10.6. The first kappa shape index (κ1) is 13.2. The zero-order valence-electron chi connectivity index (χ0n) is 9.81. The van der Waals surface area contributed by atoms with E-state index in [0.717, 1.165) is 11.6 Å². The summed E-state index contributed by atoms with van der Waals surface area (Å²) in [6.45, 7) is 0. The molecular weight excluding hydrogens is 267 g/mol. The monoisotopic (exact) mass is 276 g/mol. The fourth-order valence-electron chi connectivity index (χ4n) is 1.41. The molecule has 3 nitrogen and oxygen atoms in total. The molecule has 2 aromatic carbocycles. The van der Waals surface area contributed by atoms with E-state index < -0.39 is 11.7 Å². The van der Waals surface area contributed by atoms with Crippen molar-refractivity contribution in [2.45, 2.75) is 0 Å². The molecule has 0 aliphatic rings. The van der Waals surface area contributed by atoms with E-state index in [1.54, 1.807) is 24.3 Å². The highest BCUT2D eigenvalue weighted by molar-refractivity contribution is 6.30.